The molecule has 2 aliphatic heterocycles. The van der Waals surface area contributed by atoms with Crippen LogP contribution >= 0.6 is 0 Å². The summed E-state index contributed by atoms with van der Waals surface area (Å²) < 4.78 is 0. The molecule has 2 aromatic carbocycles. The van der Waals surface area contributed by atoms with E-state index in [0.29, 0.717) is 17.8 Å². The number of urea groups is 1. The minimum atomic E-state index is -0.435. The molecule has 7 heteroatoms. The molecule has 1 unspecified atom stereocenters. The first-order valence-corrected chi connectivity index (χ1v) is 9.76. The number of carbonyl (C=O) groups excluding carboxylic acids is 3. The van der Waals surface area contributed by atoms with Gasteiger partial charge in [0.05, 0.1) is 0 Å². The lowest BCUT2D eigenvalue weighted by Crippen LogP contribution is -2.54. The summed E-state index contributed by atoms with van der Waals surface area (Å²) in [6, 6.07) is 14.9. The van der Waals surface area contributed by atoms with Crippen LogP contribution in [0.4, 0.5) is 16.2 Å². The fraction of sp³-hybridized carbons (Fsp3) is 0.318. The minimum absolute atomic E-state index is 0.00410. The van der Waals surface area contributed by atoms with Gasteiger partial charge in [-0.1, -0.05) is 17.7 Å². The highest BCUT2D eigenvalue weighted by atomic mass is 16.2. The van der Waals surface area contributed by atoms with Crippen molar-refractivity contribution in [2.24, 2.45) is 0 Å². The number of piperazine rings is 1. The predicted octanol–water partition coefficient (Wildman–Crippen LogP) is 2.40. The highest BCUT2D eigenvalue weighted by Gasteiger charge is 2.30. The third kappa shape index (κ3) is 3.81. The Morgan fingerprint density at radius 2 is 1.62 bits per heavy atom. The zero-order chi connectivity index (χ0) is 20.5. The molecule has 2 aliphatic rings. The van der Waals surface area contributed by atoms with Gasteiger partial charge < -0.3 is 9.80 Å². The Hall–Kier alpha value is -3.35. The van der Waals surface area contributed by atoms with Crippen molar-refractivity contribution in [3.05, 3.63) is 59.7 Å². The zero-order valence-corrected chi connectivity index (χ0v) is 16.6. The zero-order valence-electron chi connectivity index (χ0n) is 16.6. The molecule has 0 bridgehead atoms. The molecule has 0 saturated carbocycles. The normalized spacial score (nSPS) is 19.5. The van der Waals surface area contributed by atoms with Gasteiger partial charge in [-0.3, -0.25) is 19.8 Å². The number of carbonyl (C=O) groups is 3. The fourth-order valence-electron chi connectivity index (χ4n) is 3.85. The largest absolute Gasteiger partial charge is 0.368 e. The highest BCUT2D eigenvalue weighted by molar-refractivity contribution is 6.12. The number of aryl methyl sites for hydroxylation is 1. The van der Waals surface area contributed by atoms with Crippen molar-refractivity contribution in [1.29, 1.82) is 0 Å². The van der Waals surface area contributed by atoms with E-state index >= 15 is 0 Å². The molecule has 0 spiro atoms. The number of rotatable bonds is 3. The fourth-order valence-corrected chi connectivity index (χ4v) is 3.85. The number of hydrogen-bond donors (Lipinski definition) is 1. The third-order valence-corrected chi connectivity index (χ3v) is 5.51. The molecule has 0 radical (unpaired) electrons. The molecule has 2 fully saturated rings. The van der Waals surface area contributed by atoms with Crippen LogP contribution < -0.4 is 15.1 Å². The van der Waals surface area contributed by atoms with E-state index in [1.807, 2.05) is 4.90 Å². The average molecular weight is 392 g/mol. The van der Waals surface area contributed by atoms with E-state index in [-0.39, 0.29) is 24.4 Å². The number of amides is 4. The van der Waals surface area contributed by atoms with Gasteiger partial charge in [0.25, 0.3) is 5.91 Å². The Morgan fingerprint density at radius 1 is 0.966 bits per heavy atom. The van der Waals surface area contributed by atoms with Crippen molar-refractivity contribution in [2.75, 3.05) is 36.0 Å². The number of imide groups is 1. The van der Waals surface area contributed by atoms with Gasteiger partial charge in [-0.05, 0) is 50.2 Å². The molecule has 1 N–H and O–H groups in total. The van der Waals surface area contributed by atoms with Crippen LogP contribution in [0.2, 0.25) is 0 Å². The first-order chi connectivity index (χ1) is 13.9. The van der Waals surface area contributed by atoms with Crippen molar-refractivity contribution in [3.8, 4) is 0 Å². The SMILES string of the molecule is Cc1ccc(N2CCN(C(=O)c3ccc(N4CC(=O)NC4=O)cc3)C(C)C2)cc1. The van der Waals surface area contributed by atoms with Gasteiger partial charge in [0.1, 0.15) is 6.54 Å². The number of nitrogens with zero attached hydrogens (tertiary/aromatic N) is 3. The Morgan fingerprint density at radius 3 is 2.21 bits per heavy atom. The summed E-state index contributed by atoms with van der Waals surface area (Å²) in [6.45, 7) is 6.36. The maximum atomic E-state index is 13.0. The van der Waals surface area contributed by atoms with E-state index in [2.05, 4.69) is 48.3 Å². The van der Waals surface area contributed by atoms with Crippen molar-refractivity contribution >= 4 is 29.2 Å². The summed E-state index contributed by atoms with van der Waals surface area (Å²) in [6.07, 6.45) is 0. The average Bonchev–Trinajstić information content (AvgIpc) is 3.06. The maximum Gasteiger partial charge on any atom is 0.329 e. The lowest BCUT2D eigenvalue weighted by Gasteiger charge is -2.41. The number of anilines is 2. The second-order valence-corrected chi connectivity index (χ2v) is 7.62. The van der Waals surface area contributed by atoms with Crippen LogP contribution in [0.25, 0.3) is 0 Å². The molecule has 0 aromatic heterocycles. The molecule has 29 heavy (non-hydrogen) atoms. The molecule has 2 saturated heterocycles. The molecule has 2 aromatic rings. The van der Waals surface area contributed by atoms with Crippen LogP contribution in [0.1, 0.15) is 22.8 Å². The summed E-state index contributed by atoms with van der Waals surface area (Å²) in [4.78, 5) is 41.7. The Balaban J connectivity index is 1.42. The Labute approximate surface area is 169 Å². The molecule has 4 amide bonds. The lowest BCUT2D eigenvalue weighted by molar-refractivity contribution is -0.117. The van der Waals surface area contributed by atoms with Crippen LogP contribution in [0.3, 0.4) is 0 Å². The van der Waals surface area contributed by atoms with Gasteiger partial charge in [0.2, 0.25) is 5.91 Å². The first-order valence-electron chi connectivity index (χ1n) is 9.76. The van der Waals surface area contributed by atoms with Gasteiger partial charge in [0.15, 0.2) is 0 Å². The smallest absolute Gasteiger partial charge is 0.329 e. The summed E-state index contributed by atoms with van der Waals surface area (Å²) in [5.74, 6) is -0.343. The lowest BCUT2D eigenvalue weighted by atomic mass is 10.1. The van der Waals surface area contributed by atoms with E-state index in [0.717, 1.165) is 13.1 Å². The number of nitrogens with one attached hydrogen (secondary N) is 1. The molecule has 2 heterocycles. The minimum Gasteiger partial charge on any atom is -0.368 e. The molecule has 0 aliphatic carbocycles. The van der Waals surface area contributed by atoms with Crippen LogP contribution in [0.5, 0.6) is 0 Å². The van der Waals surface area contributed by atoms with Gasteiger partial charge in [0, 0.05) is 42.6 Å². The summed E-state index contributed by atoms with van der Waals surface area (Å²) >= 11 is 0. The van der Waals surface area contributed by atoms with Crippen LogP contribution in [0, 0.1) is 6.92 Å². The standard InChI is InChI=1S/C22H24N4O3/c1-15-3-7-18(8-4-15)24-11-12-25(16(2)13-24)21(28)17-5-9-19(10-6-17)26-14-20(27)23-22(26)29/h3-10,16H,11-14H2,1-2H3,(H,23,27,29). The van der Waals surface area contributed by atoms with Crippen molar-refractivity contribution < 1.29 is 14.4 Å². The summed E-state index contributed by atoms with van der Waals surface area (Å²) in [5.41, 5.74) is 3.59. The van der Waals surface area contributed by atoms with Crippen molar-refractivity contribution in [2.45, 2.75) is 19.9 Å². The van der Waals surface area contributed by atoms with Crippen LogP contribution in [0.15, 0.2) is 48.5 Å². The van der Waals surface area contributed by atoms with Crippen LogP contribution in [-0.2, 0) is 4.79 Å². The molecular formula is C22H24N4O3. The number of benzene rings is 2. The second-order valence-electron chi connectivity index (χ2n) is 7.62. The molecule has 4 rings (SSSR count). The van der Waals surface area contributed by atoms with E-state index in [9.17, 15) is 14.4 Å². The molecular weight excluding hydrogens is 368 g/mol. The van der Waals surface area contributed by atoms with Crippen LogP contribution in [-0.4, -0.2) is 55.0 Å². The molecule has 1 atom stereocenters. The van der Waals surface area contributed by atoms with E-state index in [1.54, 1.807) is 24.3 Å². The monoisotopic (exact) mass is 392 g/mol. The van der Waals surface area contributed by atoms with E-state index in [4.69, 9.17) is 0 Å². The number of hydrogen-bond acceptors (Lipinski definition) is 4. The quantitative estimate of drug-likeness (QED) is 0.814. The third-order valence-electron chi connectivity index (χ3n) is 5.51. The van der Waals surface area contributed by atoms with E-state index in [1.165, 1.54) is 16.2 Å². The summed E-state index contributed by atoms with van der Waals surface area (Å²) in [7, 11) is 0. The highest BCUT2D eigenvalue weighted by Crippen LogP contribution is 2.23. The molecule has 150 valence electrons. The second kappa shape index (κ2) is 7.58. The van der Waals surface area contributed by atoms with Gasteiger partial charge in [-0.15, -0.1) is 0 Å². The van der Waals surface area contributed by atoms with Gasteiger partial charge in [-0.25, -0.2) is 4.79 Å². The van der Waals surface area contributed by atoms with Gasteiger partial charge >= 0.3 is 6.03 Å². The van der Waals surface area contributed by atoms with Crippen molar-refractivity contribution in [1.82, 2.24) is 10.2 Å². The Bertz CT molecular complexity index is 940. The summed E-state index contributed by atoms with van der Waals surface area (Å²) in [5, 5.41) is 2.25. The van der Waals surface area contributed by atoms with E-state index < -0.39 is 6.03 Å². The van der Waals surface area contributed by atoms with Crippen molar-refractivity contribution in [3.63, 3.8) is 0 Å². The predicted molar refractivity (Wildman–Crippen MR) is 111 cm³/mol. The molecule has 7 nitrogen and oxygen atoms in total. The first kappa shape index (κ1) is 19.0. The van der Waals surface area contributed by atoms with Gasteiger partial charge in [-0.2, -0.15) is 0 Å². The topological polar surface area (TPSA) is 73.0 Å². The Kier molecular flexibility index (Phi) is 4.96. The maximum absolute atomic E-state index is 13.0.